The van der Waals surface area contributed by atoms with Gasteiger partial charge in [0, 0.05) is 13.1 Å². The fourth-order valence-electron chi connectivity index (χ4n) is 1.70. The second kappa shape index (κ2) is 7.56. The number of nitrogens with zero attached hydrogens (tertiary/aromatic N) is 1. The summed E-state index contributed by atoms with van der Waals surface area (Å²) in [6, 6.07) is 4.55. The molecule has 0 aliphatic rings. The van der Waals surface area contributed by atoms with E-state index in [1.807, 2.05) is 0 Å². The van der Waals surface area contributed by atoms with Crippen LogP contribution >= 0.6 is 11.8 Å². The predicted octanol–water partition coefficient (Wildman–Crippen LogP) is 3.21. The molecule has 8 heteroatoms. The van der Waals surface area contributed by atoms with Crippen LogP contribution in [0, 0.1) is 0 Å². The number of carboxylic acids is 1. The van der Waals surface area contributed by atoms with E-state index in [1.54, 1.807) is 18.0 Å². The van der Waals surface area contributed by atoms with Crippen molar-refractivity contribution in [2.45, 2.75) is 23.4 Å². The standard InChI is InChI=1S/C13H16F3NO3S/c1-17(6-5-12(18)19)8-9-3-4-10(20-2)11(7-9)21-13(14,15)16/h3-4,7H,5-6,8H2,1-2H3,(H,18,19). The van der Waals surface area contributed by atoms with Gasteiger partial charge in [0.15, 0.2) is 0 Å². The van der Waals surface area contributed by atoms with E-state index >= 15 is 0 Å². The molecule has 0 saturated carbocycles. The van der Waals surface area contributed by atoms with E-state index in [0.29, 0.717) is 18.7 Å². The van der Waals surface area contributed by atoms with Crippen molar-refractivity contribution in [1.29, 1.82) is 0 Å². The Balaban J connectivity index is 2.80. The van der Waals surface area contributed by atoms with Gasteiger partial charge in [0.05, 0.1) is 18.4 Å². The monoisotopic (exact) mass is 323 g/mol. The fourth-order valence-corrected chi connectivity index (χ4v) is 2.41. The lowest BCUT2D eigenvalue weighted by Crippen LogP contribution is -2.21. The van der Waals surface area contributed by atoms with Crippen molar-refractivity contribution in [3.63, 3.8) is 0 Å². The highest BCUT2D eigenvalue weighted by molar-refractivity contribution is 8.00. The average Bonchev–Trinajstić information content (AvgIpc) is 2.35. The highest BCUT2D eigenvalue weighted by Gasteiger charge is 2.31. The first-order chi connectivity index (χ1) is 9.71. The number of benzene rings is 1. The Morgan fingerprint density at radius 2 is 2.10 bits per heavy atom. The summed E-state index contributed by atoms with van der Waals surface area (Å²) in [5.74, 6) is -0.751. The number of rotatable bonds is 7. The molecule has 0 amide bonds. The molecule has 0 aromatic heterocycles. The van der Waals surface area contributed by atoms with Crippen LogP contribution < -0.4 is 4.74 Å². The second-order valence-electron chi connectivity index (χ2n) is 4.41. The number of hydrogen-bond donors (Lipinski definition) is 1. The van der Waals surface area contributed by atoms with Crippen LogP contribution in [-0.4, -0.2) is 42.2 Å². The smallest absolute Gasteiger partial charge is 0.446 e. The number of carboxylic acid groups (broad SMARTS) is 1. The van der Waals surface area contributed by atoms with E-state index in [9.17, 15) is 18.0 Å². The summed E-state index contributed by atoms with van der Waals surface area (Å²) >= 11 is -0.226. The molecule has 0 fully saturated rings. The Bertz CT molecular complexity index is 494. The van der Waals surface area contributed by atoms with Gasteiger partial charge in [-0.15, -0.1) is 0 Å². The molecule has 0 radical (unpaired) electrons. The normalized spacial score (nSPS) is 11.7. The van der Waals surface area contributed by atoms with Crippen molar-refractivity contribution in [2.24, 2.45) is 0 Å². The summed E-state index contributed by atoms with van der Waals surface area (Å²) in [5.41, 5.74) is -3.73. The second-order valence-corrected chi connectivity index (χ2v) is 5.52. The predicted molar refractivity (Wildman–Crippen MR) is 73.5 cm³/mol. The van der Waals surface area contributed by atoms with Gasteiger partial charge in [-0.25, -0.2) is 0 Å². The lowest BCUT2D eigenvalue weighted by molar-refractivity contribution is -0.137. The van der Waals surface area contributed by atoms with Crippen LogP contribution in [-0.2, 0) is 11.3 Å². The van der Waals surface area contributed by atoms with E-state index < -0.39 is 11.5 Å². The van der Waals surface area contributed by atoms with Crippen LogP contribution in [0.3, 0.4) is 0 Å². The number of alkyl halides is 3. The zero-order valence-corrected chi connectivity index (χ0v) is 12.4. The maximum atomic E-state index is 12.5. The Labute approximate surface area is 124 Å². The number of halogens is 3. The largest absolute Gasteiger partial charge is 0.496 e. The molecule has 21 heavy (non-hydrogen) atoms. The molecule has 0 aliphatic carbocycles. The minimum absolute atomic E-state index is 0.00543. The van der Waals surface area contributed by atoms with Gasteiger partial charge < -0.3 is 14.7 Å². The van der Waals surface area contributed by atoms with Gasteiger partial charge in [-0.3, -0.25) is 4.79 Å². The summed E-state index contributed by atoms with van der Waals surface area (Å²) in [7, 11) is 3.03. The molecular formula is C13H16F3NO3S. The van der Waals surface area contributed by atoms with Gasteiger partial charge in [-0.05, 0) is 36.5 Å². The fraction of sp³-hybridized carbons (Fsp3) is 0.462. The summed E-state index contributed by atoms with van der Waals surface area (Å²) in [4.78, 5) is 12.2. The van der Waals surface area contributed by atoms with Crippen LogP contribution in [0.5, 0.6) is 5.75 Å². The van der Waals surface area contributed by atoms with E-state index in [2.05, 4.69) is 0 Å². The molecule has 0 bridgehead atoms. The Hall–Kier alpha value is -1.41. The van der Waals surface area contributed by atoms with Gasteiger partial charge in [-0.1, -0.05) is 6.07 Å². The molecule has 1 aromatic rings. The van der Waals surface area contributed by atoms with Crippen LogP contribution in [0.1, 0.15) is 12.0 Å². The third-order valence-electron chi connectivity index (χ3n) is 2.61. The molecule has 4 nitrogen and oxygen atoms in total. The number of aliphatic carboxylic acids is 1. The average molecular weight is 323 g/mol. The Morgan fingerprint density at radius 1 is 1.43 bits per heavy atom. The molecule has 0 heterocycles. The minimum atomic E-state index is -4.39. The molecule has 1 rings (SSSR count). The molecule has 0 unspecified atom stereocenters. The zero-order valence-electron chi connectivity index (χ0n) is 11.6. The first-order valence-corrected chi connectivity index (χ1v) is 6.86. The van der Waals surface area contributed by atoms with E-state index in [0.717, 1.165) is 0 Å². The van der Waals surface area contributed by atoms with Crippen LogP contribution in [0.2, 0.25) is 0 Å². The van der Waals surface area contributed by atoms with Gasteiger partial charge in [0.2, 0.25) is 0 Å². The highest BCUT2D eigenvalue weighted by Crippen LogP contribution is 2.41. The number of hydrogen-bond acceptors (Lipinski definition) is 4. The van der Waals surface area contributed by atoms with Crippen LogP contribution in [0.25, 0.3) is 0 Å². The van der Waals surface area contributed by atoms with E-state index in [-0.39, 0.29) is 28.8 Å². The first-order valence-electron chi connectivity index (χ1n) is 6.04. The summed E-state index contributed by atoms with van der Waals surface area (Å²) in [6.07, 6.45) is -0.0171. The number of carbonyl (C=O) groups is 1. The molecule has 0 spiro atoms. The van der Waals surface area contributed by atoms with Gasteiger partial charge >= 0.3 is 11.5 Å². The number of ether oxygens (including phenoxy) is 1. The zero-order chi connectivity index (χ0) is 16.0. The quantitative estimate of drug-likeness (QED) is 0.781. The van der Waals surface area contributed by atoms with Gasteiger partial charge in [-0.2, -0.15) is 13.2 Å². The Morgan fingerprint density at radius 3 is 2.62 bits per heavy atom. The van der Waals surface area contributed by atoms with Crippen LogP contribution in [0.4, 0.5) is 13.2 Å². The van der Waals surface area contributed by atoms with Crippen molar-refractivity contribution in [3.8, 4) is 5.75 Å². The lowest BCUT2D eigenvalue weighted by atomic mass is 10.2. The maximum absolute atomic E-state index is 12.5. The van der Waals surface area contributed by atoms with Crippen molar-refractivity contribution in [3.05, 3.63) is 23.8 Å². The third-order valence-corrected chi connectivity index (χ3v) is 3.38. The summed E-state index contributed by atoms with van der Waals surface area (Å²) in [6.45, 7) is 0.686. The number of thioether (sulfide) groups is 1. The van der Waals surface area contributed by atoms with Gasteiger partial charge in [0.25, 0.3) is 0 Å². The van der Waals surface area contributed by atoms with Crippen molar-refractivity contribution >= 4 is 17.7 Å². The van der Waals surface area contributed by atoms with E-state index in [4.69, 9.17) is 9.84 Å². The van der Waals surface area contributed by atoms with Crippen molar-refractivity contribution < 1.29 is 27.8 Å². The molecule has 0 saturated heterocycles. The molecule has 118 valence electrons. The molecule has 1 aromatic carbocycles. The first kappa shape index (κ1) is 17.6. The maximum Gasteiger partial charge on any atom is 0.446 e. The SMILES string of the molecule is COc1ccc(CN(C)CCC(=O)O)cc1SC(F)(F)F. The van der Waals surface area contributed by atoms with Crippen molar-refractivity contribution in [2.75, 3.05) is 20.7 Å². The van der Waals surface area contributed by atoms with Gasteiger partial charge in [0.1, 0.15) is 5.75 Å². The summed E-state index contributed by atoms with van der Waals surface area (Å²) < 4.78 is 42.4. The topological polar surface area (TPSA) is 49.8 Å². The summed E-state index contributed by atoms with van der Waals surface area (Å²) in [5, 5.41) is 8.60. The Kier molecular flexibility index (Phi) is 6.35. The van der Waals surface area contributed by atoms with Crippen molar-refractivity contribution in [1.82, 2.24) is 4.90 Å². The molecule has 1 N–H and O–H groups in total. The lowest BCUT2D eigenvalue weighted by Gasteiger charge is -2.17. The van der Waals surface area contributed by atoms with E-state index in [1.165, 1.54) is 19.2 Å². The molecule has 0 aliphatic heterocycles. The third kappa shape index (κ3) is 6.72. The number of methoxy groups -OCH3 is 1. The molecular weight excluding hydrogens is 307 g/mol. The molecule has 0 atom stereocenters. The van der Waals surface area contributed by atoms with Crippen LogP contribution in [0.15, 0.2) is 23.1 Å². The highest BCUT2D eigenvalue weighted by atomic mass is 32.2. The minimum Gasteiger partial charge on any atom is -0.496 e.